The fraction of sp³-hybridized carbons (Fsp3) is 0.0556. The number of carbonyl (C=O) groups excluding carboxylic acids is 1. The lowest BCUT2D eigenvalue weighted by Gasteiger charge is -2.22. The highest BCUT2D eigenvalue weighted by atomic mass is 35.5. The molecular weight excluding hydrogens is 394 g/mol. The van der Waals surface area contributed by atoms with Crippen LogP contribution in [-0.4, -0.2) is 21.4 Å². The maximum Gasteiger partial charge on any atom is 0.282 e. The summed E-state index contributed by atoms with van der Waals surface area (Å²) in [6, 6.07) is 15.2. The van der Waals surface area contributed by atoms with Gasteiger partial charge in [0.05, 0.1) is 22.6 Å². The normalized spacial score (nSPS) is 11.2. The Morgan fingerprint density at radius 2 is 1.69 bits per heavy atom. The highest BCUT2D eigenvalue weighted by Crippen LogP contribution is 2.29. The quantitative estimate of drug-likeness (QED) is 0.627. The Morgan fingerprint density at radius 1 is 1.04 bits per heavy atom. The number of rotatable bonds is 5. The van der Waals surface area contributed by atoms with Gasteiger partial charge < -0.3 is 4.74 Å². The maximum atomic E-state index is 13.2. The van der Waals surface area contributed by atoms with Crippen LogP contribution in [0.1, 0.15) is 9.67 Å². The summed E-state index contributed by atoms with van der Waals surface area (Å²) in [6.45, 7) is 0. The Kier molecular flexibility index (Phi) is 5.31. The average molecular weight is 408 g/mol. The van der Waals surface area contributed by atoms with Gasteiger partial charge in [-0.3, -0.25) is 4.79 Å². The number of amides is 1. The highest BCUT2D eigenvalue weighted by molar-refractivity contribution is 7.93. The van der Waals surface area contributed by atoms with E-state index in [2.05, 4.69) is 0 Å². The monoisotopic (exact) mass is 407 g/mol. The number of anilines is 1. The maximum absolute atomic E-state index is 13.2. The highest BCUT2D eigenvalue weighted by Gasteiger charge is 2.32. The molecule has 26 heavy (non-hydrogen) atoms. The van der Waals surface area contributed by atoms with Gasteiger partial charge in [-0.1, -0.05) is 17.7 Å². The molecule has 0 N–H and O–H groups in total. The molecule has 1 aromatic heterocycles. The number of halogens is 1. The zero-order valence-corrected chi connectivity index (χ0v) is 16.0. The van der Waals surface area contributed by atoms with Crippen molar-refractivity contribution >= 4 is 44.6 Å². The number of benzene rings is 2. The fourth-order valence-electron chi connectivity index (χ4n) is 2.30. The van der Waals surface area contributed by atoms with E-state index in [0.717, 1.165) is 4.31 Å². The molecule has 0 aliphatic heterocycles. The third-order valence-electron chi connectivity index (χ3n) is 3.58. The van der Waals surface area contributed by atoms with Gasteiger partial charge in [0, 0.05) is 5.02 Å². The van der Waals surface area contributed by atoms with E-state index in [1.54, 1.807) is 29.6 Å². The van der Waals surface area contributed by atoms with Crippen molar-refractivity contribution in [2.24, 2.45) is 0 Å². The minimum absolute atomic E-state index is 0.0253. The van der Waals surface area contributed by atoms with Gasteiger partial charge in [-0.15, -0.1) is 11.3 Å². The summed E-state index contributed by atoms with van der Waals surface area (Å²) in [5.74, 6) is -0.0683. The van der Waals surface area contributed by atoms with Crippen LogP contribution in [-0.2, 0) is 10.0 Å². The molecule has 1 heterocycles. The Balaban J connectivity index is 2.13. The van der Waals surface area contributed by atoms with Gasteiger partial charge >= 0.3 is 0 Å². The van der Waals surface area contributed by atoms with E-state index >= 15 is 0 Å². The molecule has 0 bridgehead atoms. The third-order valence-corrected chi connectivity index (χ3v) is 6.41. The van der Waals surface area contributed by atoms with Crippen LogP contribution in [0.5, 0.6) is 5.75 Å². The SMILES string of the molecule is COc1ccc(N(C(=O)c2cccs2)S(=O)(=O)c2ccc(Cl)cc2)cc1. The molecule has 1 amide bonds. The lowest BCUT2D eigenvalue weighted by molar-refractivity contribution is 0.101. The smallest absolute Gasteiger partial charge is 0.282 e. The first-order valence-corrected chi connectivity index (χ1v) is 10.2. The topological polar surface area (TPSA) is 63.7 Å². The largest absolute Gasteiger partial charge is 0.497 e. The second kappa shape index (κ2) is 7.49. The molecular formula is C18H14ClNO4S2. The van der Waals surface area contributed by atoms with Crippen LogP contribution < -0.4 is 9.04 Å². The Bertz CT molecular complexity index is 998. The summed E-state index contributed by atoms with van der Waals surface area (Å²) in [6.07, 6.45) is 0. The van der Waals surface area contributed by atoms with Crippen LogP contribution in [0.3, 0.4) is 0 Å². The molecule has 5 nitrogen and oxygen atoms in total. The van der Waals surface area contributed by atoms with Gasteiger partial charge in [-0.25, -0.2) is 8.42 Å². The molecule has 0 radical (unpaired) electrons. The first kappa shape index (κ1) is 18.4. The lowest BCUT2D eigenvalue weighted by Crippen LogP contribution is -2.36. The van der Waals surface area contributed by atoms with Crippen molar-refractivity contribution in [1.29, 1.82) is 0 Å². The van der Waals surface area contributed by atoms with Crippen LogP contribution in [0.2, 0.25) is 5.02 Å². The summed E-state index contributed by atoms with van der Waals surface area (Å²) < 4.78 is 32.2. The third kappa shape index (κ3) is 3.60. The Labute approximate surface area is 160 Å². The number of hydrogen-bond donors (Lipinski definition) is 0. The van der Waals surface area contributed by atoms with Gasteiger partial charge in [0.1, 0.15) is 5.75 Å². The van der Waals surface area contributed by atoms with Crippen molar-refractivity contribution in [3.63, 3.8) is 0 Å². The van der Waals surface area contributed by atoms with Crippen LogP contribution in [0.15, 0.2) is 70.9 Å². The number of thiophene rings is 1. The van der Waals surface area contributed by atoms with Gasteiger partial charge in [0.2, 0.25) is 0 Å². The molecule has 3 rings (SSSR count). The minimum atomic E-state index is -4.12. The molecule has 0 unspecified atom stereocenters. The van der Waals surface area contributed by atoms with Crippen molar-refractivity contribution in [2.45, 2.75) is 4.90 Å². The minimum Gasteiger partial charge on any atom is -0.497 e. The molecule has 0 atom stereocenters. The number of carbonyl (C=O) groups is 1. The van der Waals surface area contributed by atoms with E-state index in [9.17, 15) is 13.2 Å². The number of nitrogens with zero attached hydrogens (tertiary/aromatic N) is 1. The van der Waals surface area contributed by atoms with Crippen molar-refractivity contribution in [3.8, 4) is 5.75 Å². The molecule has 8 heteroatoms. The summed E-state index contributed by atoms with van der Waals surface area (Å²) in [5.41, 5.74) is 0.221. The number of hydrogen-bond acceptors (Lipinski definition) is 5. The predicted octanol–water partition coefficient (Wildman–Crippen LogP) is 4.45. The molecule has 0 aliphatic rings. The second-order valence-electron chi connectivity index (χ2n) is 5.20. The van der Waals surface area contributed by atoms with Crippen LogP contribution in [0.25, 0.3) is 0 Å². The van der Waals surface area contributed by atoms with E-state index in [1.807, 2.05) is 0 Å². The molecule has 134 valence electrons. The molecule has 0 aliphatic carbocycles. The van der Waals surface area contributed by atoms with E-state index < -0.39 is 15.9 Å². The van der Waals surface area contributed by atoms with E-state index in [0.29, 0.717) is 15.6 Å². The van der Waals surface area contributed by atoms with E-state index in [-0.39, 0.29) is 10.6 Å². The van der Waals surface area contributed by atoms with Crippen LogP contribution in [0.4, 0.5) is 5.69 Å². The molecule has 0 spiro atoms. The van der Waals surface area contributed by atoms with Crippen molar-refractivity contribution in [3.05, 3.63) is 75.9 Å². The van der Waals surface area contributed by atoms with Crippen molar-refractivity contribution in [2.75, 3.05) is 11.4 Å². The average Bonchev–Trinajstić information content (AvgIpc) is 3.17. The van der Waals surface area contributed by atoms with Gasteiger partial charge in [0.25, 0.3) is 15.9 Å². The summed E-state index contributed by atoms with van der Waals surface area (Å²) in [5, 5.41) is 2.12. The summed E-state index contributed by atoms with van der Waals surface area (Å²) in [7, 11) is -2.62. The fourth-order valence-corrected chi connectivity index (χ4v) is 4.54. The summed E-state index contributed by atoms with van der Waals surface area (Å²) in [4.78, 5) is 13.2. The summed E-state index contributed by atoms with van der Waals surface area (Å²) >= 11 is 7.02. The first-order valence-electron chi connectivity index (χ1n) is 7.46. The molecule has 3 aromatic rings. The first-order chi connectivity index (χ1) is 12.4. The van der Waals surface area contributed by atoms with Crippen molar-refractivity contribution in [1.82, 2.24) is 0 Å². The predicted molar refractivity (Wildman–Crippen MR) is 103 cm³/mol. The number of sulfonamides is 1. The van der Waals surface area contributed by atoms with Crippen LogP contribution >= 0.6 is 22.9 Å². The van der Waals surface area contributed by atoms with Crippen molar-refractivity contribution < 1.29 is 17.9 Å². The zero-order chi connectivity index (χ0) is 18.7. The van der Waals surface area contributed by atoms with Crippen LogP contribution in [0, 0.1) is 0 Å². The van der Waals surface area contributed by atoms with Gasteiger partial charge in [0.15, 0.2) is 0 Å². The lowest BCUT2D eigenvalue weighted by atomic mass is 10.3. The zero-order valence-electron chi connectivity index (χ0n) is 13.6. The second-order valence-corrected chi connectivity index (χ2v) is 8.37. The van der Waals surface area contributed by atoms with Gasteiger partial charge in [-0.2, -0.15) is 4.31 Å². The number of methoxy groups -OCH3 is 1. The molecule has 0 saturated heterocycles. The molecule has 2 aromatic carbocycles. The standard InChI is InChI=1S/C18H14ClNO4S2/c1-24-15-8-6-14(7-9-15)20(18(21)17-3-2-12-25-17)26(22,23)16-10-4-13(19)5-11-16/h2-12H,1H3. The molecule has 0 fully saturated rings. The van der Waals surface area contributed by atoms with E-state index in [1.165, 1.54) is 54.8 Å². The molecule has 0 saturated carbocycles. The van der Waals surface area contributed by atoms with E-state index in [4.69, 9.17) is 16.3 Å². The van der Waals surface area contributed by atoms with Gasteiger partial charge in [-0.05, 0) is 60.0 Å². The number of ether oxygens (including phenoxy) is 1. The Morgan fingerprint density at radius 3 is 2.23 bits per heavy atom. The Hall–Kier alpha value is -2.35.